The monoisotopic (exact) mass is 463 g/mol. The van der Waals surface area contributed by atoms with Gasteiger partial charge in [-0.15, -0.1) is 0 Å². The topological polar surface area (TPSA) is 73.9 Å². The van der Waals surface area contributed by atoms with Crippen molar-refractivity contribution in [2.45, 2.75) is 32.1 Å². The Morgan fingerprint density at radius 2 is 1.88 bits per heavy atom. The molecule has 0 fully saturated rings. The number of fused-ring (bicyclic) bond motifs is 5. The van der Waals surface area contributed by atoms with Crippen molar-refractivity contribution < 1.29 is 13.6 Å². The quantitative estimate of drug-likeness (QED) is 0.424. The van der Waals surface area contributed by atoms with E-state index in [0.717, 1.165) is 54.0 Å². The number of halogens is 2. The van der Waals surface area contributed by atoms with Crippen LogP contribution in [0.1, 0.15) is 40.7 Å². The summed E-state index contributed by atoms with van der Waals surface area (Å²) >= 11 is 0. The number of nitrogens with one attached hydrogen (secondary N) is 2. The van der Waals surface area contributed by atoms with Gasteiger partial charge in [-0.05, 0) is 69.1 Å². The Labute approximate surface area is 196 Å². The van der Waals surface area contributed by atoms with Crippen LogP contribution in [-0.4, -0.2) is 53.2 Å². The largest absolute Gasteiger partial charge is 0.351 e. The molecule has 5 rings (SSSR count). The zero-order valence-corrected chi connectivity index (χ0v) is 19.3. The van der Waals surface area contributed by atoms with Crippen molar-refractivity contribution in [2.24, 2.45) is 0 Å². The summed E-state index contributed by atoms with van der Waals surface area (Å²) < 4.78 is 30.5. The highest BCUT2D eigenvalue weighted by Gasteiger charge is 2.24. The van der Waals surface area contributed by atoms with Gasteiger partial charge in [0.2, 0.25) is 0 Å². The molecule has 0 saturated heterocycles. The minimum absolute atomic E-state index is 0.231. The maximum atomic E-state index is 15.4. The highest BCUT2D eigenvalue weighted by molar-refractivity contribution is 6.08. The Morgan fingerprint density at radius 1 is 1.09 bits per heavy atom. The van der Waals surface area contributed by atoms with Gasteiger partial charge in [0.05, 0.1) is 17.4 Å². The summed E-state index contributed by atoms with van der Waals surface area (Å²) in [5.41, 5.74) is 3.84. The van der Waals surface area contributed by atoms with Gasteiger partial charge in [0.1, 0.15) is 11.3 Å². The van der Waals surface area contributed by atoms with Crippen LogP contribution in [0.4, 0.5) is 8.78 Å². The maximum Gasteiger partial charge on any atom is 0.251 e. The zero-order chi connectivity index (χ0) is 23.8. The van der Waals surface area contributed by atoms with Crippen LogP contribution in [0.5, 0.6) is 0 Å². The normalized spacial score (nSPS) is 13.9. The Hall–Kier alpha value is -3.39. The predicted octanol–water partition coefficient (Wildman–Crippen LogP) is 4.62. The minimum atomic E-state index is -0.539. The van der Waals surface area contributed by atoms with Crippen LogP contribution < -0.4 is 5.32 Å². The minimum Gasteiger partial charge on any atom is -0.351 e. The van der Waals surface area contributed by atoms with Gasteiger partial charge in [-0.2, -0.15) is 5.10 Å². The number of likely N-dealkylation sites (N-methyl/N-ethyl adjacent to an activating group) is 1. The van der Waals surface area contributed by atoms with E-state index >= 15 is 8.78 Å². The van der Waals surface area contributed by atoms with Crippen molar-refractivity contribution in [3.8, 4) is 11.3 Å². The number of rotatable bonds is 5. The number of aromatic nitrogens is 3. The fourth-order valence-corrected chi connectivity index (χ4v) is 4.83. The maximum absolute atomic E-state index is 15.4. The Morgan fingerprint density at radius 3 is 2.65 bits per heavy atom. The SMILES string of the molecule is CN(C)CCNC(=O)c1ccc(-c2nc3c(F)cc4[nH]ncc4c3c3c2CCCCC3)c(F)c1. The average molecular weight is 464 g/mol. The van der Waals surface area contributed by atoms with Crippen LogP contribution in [-0.2, 0) is 12.8 Å². The highest BCUT2D eigenvalue weighted by atomic mass is 19.1. The van der Waals surface area contributed by atoms with Crippen LogP contribution in [0.2, 0.25) is 0 Å². The highest BCUT2D eigenvalue weighted by Crippen LogP contribution is 2.39. The molecular weight excluding hydrogens is 436 g/mol. The molecule has 176 valence electrons. The molecule has 0 aliphatic heterocycles. The van der Waals surface area contributed by atoms with Crippen LogP contribution in [0.3, 0.4) is 0 Å². The molecule has 0 radical (unpaired) electrons. The fourth-order valence-electron chi connectivity index (χ4n) is 4.83. The van der Waals surface area contributed by atoms with E-state index in [9.17, 15) is 4.79 Å². The van der Waals surface area contributed by atoms with Crippen LogP contribution in [0.15, 0.2) is 30.5 Å². The third-order valence-corrected chi connectivity index (χ3v) is 6.53. The summed E-state index contributed by atoms with van der Waals surface area (Å²) in [5.74, 6) is -1.33. The number of hydrogen-bond donors (Lipinski definition) is 2. The molecule has 4 aromatic rings. The molecule has 0 spiro atoms. The number of pyridine rings is 1. The number of carbonyl (C=O) groups is 1. The molecule has 0 bridgehead atoms. The van der Waals surface area contributed by atoms with Crippen molar-refractivity contribution in [1.82, 2.24) is 25.4 Å². The van der Waals surface area contributed by atoms with E-state index in [1.54, 1.807) is 18.3 Å². The van der Waals surface area contributed by atoms with Gasteiger partial charge in [-0.25, -0.2) is 13.8 Å². The van der Waals surface area contributed by atoms with Crippen molar-refractivity contribution in [3.05, 3.63) is 58.8 Å². The van der Waals surface area contributed by atoms with E-state index in [1.165, 1.54) is 12.1 Å². The summed E-state index contributed by atoms with van der Waals surface area (Å²) in [4.78, 5) is 19.1. The lowest BCUT2D eigenvalue weighted by Crippen LogP contribution is -2.31. The number of hydrogen-bond acceptors (Lipinski definition) is 4. The van der Waals surface area contributed by atoms with Crippen molar-refractivity contribution in [2.75, 3.05) is 27.2 Å². The summed E-state index contributed by atoms with van der Waals surface area (Å²) in [7, 11) is 3.83. The molecular formula is C26H27F2N5O. The smallest absolute Gasteiger partial charge is 0.251 e. The number of carbonyl (C=O) groups excluding carboxylic acids is 1. The Kier molecular flexibility index (Phi) is 6.00. The van der Waals surface area contributed by atoms with Gasteiger partial charge < -0.3 is 10.2 Å². The Bertz CT molecular complexity index is 1400. The van der Waals surface area contributed by atoms with E-state index in [1.807, 2.05) is 19.0 Å². The van der Waals surface area contributed by atoms with E-state index in [-0.39, 0.29) is 22.6 Å². The first kappa shape index (κ1) is 22.4. The lowest BCUT2D eigenvalue weighted by atomic mass is 9.91. The van der Waals surface area contributed by atoms with Crippen LogP contribution >= 0.6 is 0 Å². The first-order valence-electron chi connectivity index (χ1n) is 11.6. The van der Waals surface area contributed by atoms with Crippen molar-refractivity contribution >= 4 is 27.7 Å². The van der Waals surface area contributed by atoms with Crippen molar-refractivity contribution in [3.63, 3.8) is 0 Å². The van der Waals surface area contributed by atoms with Gasteiger partial charge in [-0.1, -0.05) is 6.42 Å². The second kappa shape index (κ2) is 9.10. The average Bonchev–Trinajstić information content (AvgIpc) is 3.13. The molecule has 2 aromatic heterocycles. The number of H-pyrrole nitrogens is 1. The van der Waals surface area contributed by atoms with Gasteiger partial charge >= 0.3 is 0 Å². The van der Waals surface area contributed by atoms with E-state index < -0.39 is 11.6 Å². The lowest BCUT2D eigenvalue weighted by molar-refractivity contribution is 0.0950. The van der Waals surface area contributed by atoms with Gasteiger partial charge in [-0.3, -0.25) is 9.89 Å². The summed E-state index contributed by atoms with van der Waals surface area (Å²) in [6.07, 6.45) is 6.22. The molecule has 34 heavy (non-hydrogen) atoms. The third kappa shape index (κ3) is 4.03. The van der Waals surface area contributed by atoms with E-state index in [0.29, 0.717) is 24.3 Å². The molecule has 1 aliphatic rings. The number of aromatic amines is 1. The first-order chi connectivity index (χ1) is 16.4. The number of aryl methyl sites for hydroxylation is 1. The molecule has 0 atom stereocenters. The number of amides is 1. The molecule has 8 heteroatoms. The second-order valence-corrected chi connectivity index (χ2v) is 9.15. The van der Waals surface area contributed by atoms with Gasteiger partial charge in [0, 0.05) is 41.1 Å². The molecule has 6 nitrogen and oxygen atoms in total. The van der Waals surface area contributed by atoms with Crippen molar-refractivity contribution in [1.29, 1.82) is 0 Å². The zero-order valence-electron chi connectivity index (χ0n) is 19.3. The number of nitrogens with zero attached hydrogens (tertiary/aromatic N) is 3. The Balaban J connectivity index is 1.63. The summed E-state index contributed by atoms with van der Waals surface area (Å²) in [6.45, 7) is 1.16. The molecule has 2 aromatic carbocycles. The molecule has 0 unspecified atom stereocenters. The number of benzene rings is 2. The van der Waals surface area contributed by atoms with Crippen LogP contribution in [0.25, 0.3) is 33.1 Å². The molecule has 2 N–H and O–H groups in total. The van der Waals surface area contributed by atoms with E-state index in [4.69, 9.17) is 0 Å². The van der Waals surface area contributed by atoms with Gasteiger partial charge in [0.15, 0.2) is 5.82 Å². The summed E-state index contributed by atoms with van der Waals surface area (Å²) in [5, 5.41) is 11.3. The molecule has 0 saturated carbocycles. The fraction of sp³-hybridized carbons (Fsp3) is 0.346. The lowest BCUT2D eigenvalue weighted by Gasteiger charge is -2.17. The summed E-state index contributed by atoms with van der Waals surface area (Å²) in [6, 6.07) is 5.82. The standard InChI is InChI=1S/C26H27F2N5O/c1-33(2)11-10-29-26(34)15-8-9-18(20(27)12-15)24-17-7-5-3-4-6-16(17)23-19-14-30-32-22(19)13-21(28)25(23)31-24/h8-9,12-14H,3-7,10-11H2,1-2H3,(H,29,34)(H,30,32). The van der Waals surface area contributed by atoms with Crippen LogP contribution in [0, 0.1) is 11.6 Å². The molecule has 2 heterocycles. The first-order valence-corrected chi connectivity index (χ1v) is 11.6. The second-order valence-electron chi connectivity index (χ2n) is 9.15. The van der Waals surface area contributed by atoms with Gasteiger partial charge in [0.25, 0.3) is 5.91 Å². The third-order valence-electron chi connectivity index (χ3n) is 6.53. The predicted molar refractivity (Wildman–Crippen MR) is 129 cm³/mol. The van der Waals surface area contributed by atoms with E-state index in [2.05, 4.69) is 20.5 Å². The molecule has 1 aliphatic carbocycles. The molecule has 1 amide bonds.